The molecule has 0 spiro atoms. The third kappa shape index (κ3) is 3.57. The Labute approximate surface area is 118 Å². The van der Waals surface area contributed by atoms with Crippen LogP contribution in [0.15, 0.2) is 24.3 Å². The number of hydrogen-bond donors (Lipinski definition) is 2. The van der Waals surface area contributed by atoms with Crippen LogP contribution in [-0.2, 0) is 4.74 Å². The molecule has 0 radical (unpaired) electrons. The Morgan fingerprint density at radius 2 is 2.10 bits per heavy atom. The van der Waals surface area contributed by atoms with E-state index in [1.165, 1.54) is 6.92 Å². The minimum atomic E-state index is -0.264. The van der Waals surface area contributed by atoms with Gasteiger partial charge in [-0.2, -0.15) is 0 Å². The van der Waals surface area contributed by atoms with Crippen LogP contribution in [-0.4, -0.2) is 31.1 Å². The minimum Gasteiger partial charge on any atom is -0.379 e. The zero-order chi connectivity index (χ0) is 14.5. The number of hydrogen-bond acceptors (Lipinski definition) is 3. The lowest BCUT2D eigenvalue weighted by Gasteiger charge is -2.19. The average Bonchev–Trinajstić information content (AvgIpc) is 2.86. The first kappa shape index (κ1) is 14.5. The van der Waals surface area contributed by atoms with Crippen molar-refractivity contribution in [3.63, 3.8) is 0 Å². The largest absolute Gasteiger partial charge is 0.379 e. The predicted octanol–water partition coefficient (Wildman–Crippen LogP) is 2.58. The number of anilines is 1. The molecule has 0 aromatic heterocycles. The number of ketones is 1. The Bertz CT molecular complexity index is 502. The second-order valence-corrected chi connectivity index (χ2v) is 5.05. The summed E-state index contributed by atoms with van der Waals surface area (Å²) in [4.78, 5) is 23.2. The molecule has 1 aliphatic rings. The summed E-state index contributed by atoms with van der Waals surface area (Å²) < 4.78 is 5.34. The highest BCUT2D eigenvalue weighted by molar-refractivity contribution is 5.96. The van der Waals surface area contributed by atoms with Crippen molar-refractivity contribution in [2.75, 3.05) is 12.4 Å². The van der Waals surface area contributed by atoms with Crippen molar-refractivity contribution in [3.05, 3.63) is 29.8 Å². The predicted molar refractivity (Wildman–Crippen MR) is 77.0 cm³/mol. The van der Waals surface area contributed by atoms with Crippen LogP contribution in [0.1, 0.15) is 36.5 Å². The lowest BCUT2D eigenvalue weighted by Crippen LogP contribution is -2.42. The van der Waals surface area contributed by atoms with Gasteiger partial charge < -0.3 is 15.4 Å². The summed E-state index contributed by atoms with van der Waals surface area (Å²) in [5, 5.41) is 5.67. The number of benzene rings is 1. The molecule has 0 aliphatic heterocycles. The van der Waals surface area contributed by atoms with Crippen molar-refractivity contribution in [2.45, 2.75) is 38.3 Å². The van der Waals surface area contributed by atoms with E-state index in [9.17, 15) is 9.59 Å². The van der Waals surface area contributed by atoms with E-state index in [1.807, 2.05) is 0 Å². The highest BCUT2D eigenvalue weighted by Crippen LogP contribution is 2.21. The molecule has 1 aromatic carbocycles. The topological polar surface area (TPSA) is 67.4 Å². The molecule has 108 valence electrons. The van der Waals surface area contributed by atoms with Crippen LogP contribution < -0.4 is 10.6 Å². The molecule has 5 nitrogen and oxygen atoms in total. The summed E-state index contributed by atoms with van der Waals surface area (Å²) >= 11 is 0. The Morgan fingerprint density at radius 1 is 1.30 bits per heavy atom. The number of nitrogens with one attached hydrogen (secondary N) is 2. The van der Waals surface area contributed by atoms with Gasteiger partial charge in [0.1, 0.15) is 0 Å². The average molecular weight is 276 g/mol. The van der Waals surface area contributed by atoms with Gasteiger partial charge in [0.05, 0.1) is 12.1 Å². The van der Waals surface area contributed by atoms with E-state index < -0.39 is 0 Å². The lowest BCUT2D eigenvalue weighted by molar-refractivity contribution is 0.0882. The quantitative estimate of drug-likeness (QED) is 0.831. The van der Waals surface area contributed by atoms with Crippen LogP contribution in [0.5, 0.6) is 0 Å². The number of ether oxygens (including phenoxy) is 1. The maximum Gasteiger partial charge on any atom is 0.319 e. The minimum absolute atomic E-state index is 0.0238. The van der Waals surface area contributed by atoms with Gasteiger partial charge in [-0.1, -0.05) is 12.1 Å². The summed E-state index contributed by atoms with van der Waals surface area (Å²) in [5.41, 5.74) is 1.19. The second-order valence-electron chi connectivity index (χ2n) is 5.05. The number of carbonyl (C=O) groups is 2. The SMILES string of the molecule is COC1CCCC1NC(=O)Nc1cccc(C(C)=O)c1. The molecule has 2 unspecified atom stereocenters. The molecule has 2 atom stereocenters. The van der Waals surface area contributed by atoms with Crippen molar-refractivity contribution in [1.29, 1.82) is 0 Å². The highest BCUT2D eigenvalue weighted by atomic mass is 16.5. The third-order valence-corrected chi connectivity index (χ3v) is 3.60. The lowest BCUT2D eigenvalue weighted by atomic mass is 10.1. The molecule has 2 rings (SSSR count). The van der Waals surface area contributed by atoms with E-state index in [-0.39, 0.29) is 24.0 Å². The van der Waals surface area contributed by atoms with Crippen molar-refractivity contribution in [3.8, 4) is 0 Å². The molecule has 1 saturated carbocycles. The highest BCUT2D eigenvalue weighted by Gasteiger charge is 2.28. The summed E-state index contributed by atoms with van der Waals surface area (Å²) in [5.74, 6) is -0.0238. The van der Waals surface area contributed by atoms with E-state index in [4.69, 9.17) is 4.74 Å². The standard InChI is InChI=1S/C15H20N2O3/c1-10(18)11-5-3-6-12(9-11)16-15(19)17-13-7-4-8-14(13)20-2/h3,5-6,9,13-14H,4,7-8H2,1-2H3,(H2,16,17,19). The number of methoxy groups -OCH3 is 1. The summed E-state index contributed by atoms with van der Waals surface area (Å²) in [6.07, 6.45) is 3.05. The van der Waals surface area contributed by atoms with Crippen LogP contribution in [0, 0.1) is 0 Å². The van der Waals surface area contributed by atoms with Gasteiger partial charge in [0.2, 0.25) is 0 Å². The fourth-order valence-corrected chi connectivity index (χ4v) is 2.52. The molecule has 0 bridgehead atoms. The molecular weight excluding hydrogens is 256 g/mol. The zero-order valence-electron chi connectivity index (χ0n) is 11.8. The number of urea groups is 1. The van der Waals surface area contributed by atoms with Gasteiger partial charge >= 0.3 is 6.03 Å². The van der Waals surface area contributed by atoms with Crippen molar-refractivity contribution in [2.24, 2.45) is 0 Å². The fourth-order valence-electron chi connectivity index (χ4n) is 2.52. The smallest absolute Gasteiger partial charge is 0.319 e. The van der Waals surface area contributed by atoms with Gasteiger partial charge in [-0.05, 0) is 38.3 Å². The summed E-state index contributed by atoms with van der Waals surface area (Å²) in [7, 11) is 1.67. The number of amides is 2. The summed E-state index contributed by atoms with van der Waals surface area (Å²) in [6, 6.07) is 6.69. The molecule has 0 saturated heterocycles. The first-order valence-corrected chi connectivity index (χ1v) is 6.81. The zero-order valence-corrected chi connectivity index (χ0v) is 11.8. The van der Waals surface area contributed by atoms with E-state index in [2.05, 4.69) is 10.6 Å². The van der Waals surface area contributed by atoms with Crippen LogP contribution in [0.2, 0.25) is 0 Å². The van der Waals surface area contributed by atoms with Crippen molar-refractivity contribution < 1.29 is 14.3 Å². The van der Waals surface area contributed by atoms with Gasteiger partial charge in [-0.25, -0.2) is 4.79 Å². The van der Waals surface area contributed by atoms with Crippen molar-refractivity contribution in [1.82, 2.24) is 5.32 Å². The van der Waals surface area contributed by atoms with E-state index >= 15 is 0 Å². The number of rotatable bonds is 4. The van der Waals surface area contributed by atoms with Crippen LogP contribution >= 0.6 is 0 Å². The Balaban J connectivity index is 1.94. The van der Waals surface area contributed by atoms with Gasteiger partial charge in [-0.3, -0.25) is 4.79 Å². The van der Waals surface area contributed by atoms with E-state index in [0.29, 0.717) is 11.3 Å². The Kier molecular flexibility index (Phi) is 4.74. The third-order valence-electron chi connectivity index (χ3n) is 3.60. The molecule has 2 amide bonds. The van der Waals surface area contributed by atoms with Crippen LogP contribution in [0.3, 0.4) is 0 Å². The molecular formula is C15H20N2O3. The molecule has 2 N–H and O–H groups in total. The molecule has 0 heterocycles. The molecule has 1 fully saturated rings. The molecule has 1 aromatic rings. The Morgan fingerprint density at radius 3 is 2.80 bits per heavy atom. The maximum absolute atomic E-state index is 11.9. The maximum atomic E-state index is 11.9. The van der Waals surface area contributed by atoms with Gasteiger partial charge in [0.25, 0.3) is 0 Å². The van der Waals surface area contributed by atoms with Crippen molar-refractivity contribution >= 4 is 17.5 Å². The van der Waals surface area contributed by atoms with Gasteiger partial charge in [0.15, 0.2) is 5.78 Å². The Hall–Kier alpha value is -1.88. The summed E-state index contributed by atoms with van der Waals surface area (Å²) in [6.45, 7) is 1.50. The normalized spacial score (nSPS) is 21.5. The van der Waals surface area contributed by atoms with Gasteiger partial charge in [-0.15, -0.1) is 0 Å². The second kappa shape index (κ2) is 6.52. The van der Waals surface area contributed by atoms with Crippen LogP contribution in [0.4, 0.5) is 10.5 Å². The number of carbonyl (C=O) groups excluding carboxylic acids is 2. The molecule has 20 heavy (non-hydrogen) atoms. The first-order valence-electron chi connectivity index (χ1n) is 6.81. The first-order chi connectivity index (χ1) is 9.60. The van der Waals surface area contributed by atoms with Gasteiger partial charge in [0, 0.05) is 18.4 Å². The monoisotopic (exact) mass is 276 g/mol. The van der Waals surface area contributed by atoms with Crippen LogP contribution in [0.25, 0.3) is 0 Å². The van der Waals surface area contributed by atoms with E-state index in [1.54, 1.807) is 31.4 Å². The molecule has 5 heteroatoms. The molecule has 1 aliphatic carbocycles. The number of Topliss-reactive ketones (excluding diaryl/α,β-unsaturated/α-hetero) is 1. The van der Waals surface area contributed by atoms with E-state index in [0.717, 1.165) is 19.3 Å². The fraction of sp³-hybridized carbons (Fsp3) is 0.467.